The highest BCUT2D eigenvalue weighted by molar-refractivity contribution is 9.10. The lowest BCUT2D eigenvalue weighted by Crippen LogP contribution is -2.50. The van der Waals surface area contributed by atoms with E-state index >= 15 is 0 Å². The van der Waals surface area contributed by atoms with Crippen LogP contribution >= 0.6 is 15.9 Å². The third-order valence-electron chi connectivity index (χ3n) is 4.99. The van der Waals surface area contributed by atoms with Crippen molar-refractivity contribution in [2.45, 2.75) is 59.7 Å². The van der Waals surface area contributed by atoms with Gasteiger partial charge in [0.15, 0.2) is 6.61 Å². The predicted molar refractivity (Wildman–Crippen MR) is 123 cm³/mol. The van der Waals surface area contributed by atoms with Crippen molar-refractivity contribution in [3.05, 3.63) is 63.6 Å². The average molecular weight is 475 g/mol. The molecule has 2 aromatic carbocycles. The van der Waals surface area contributed by atoms with Gasteiger partial charge in [0.1, 0.15) is 11.8 Å². The largest absolute Gasteiger partial charge is 0.484 e. The Kier molecular flexibility index (Phi) is 8.90. The van der Waals surface area contributed by atoms with E-state index in [4.69, 9.17) is 4.74 Å². The summed E-state index contributed by atoms with van der Waals surface area (Å²) in [5, 5.41) is 2.97. The second-order valence-corrected chi connectivity index (χ2v) is 8.67. The molecule has 0 aliphatic rings. The van der Waals surface area contributed by atoms with Gasteiger partial charge in [0.05, 0.1) is 0 Å². The van der Waals surface area contributed by atoms with Crippen molar-refractivity contribution in [1.29, 1.82) is 0 Å². The monoisotopic (exact) mass is 474 g/mol. The van der Waals surface area contributed by atoms with Crippen LogP contribution < -0.4 is 10.1 Å². The fraction of sp³-hybridized carbons (Fsp3) is 0.417. The van der Waals surface area contributed by atoms with Crippen LogP contribution in [-0.4, -0.2) is 35.4 Å². The van der Waals surface area contributed by atoms with Crippen LogP contribution in [0, 0.1) is 13.8 Å². The molecule has 0 saturated heterocycles. The van der Waals surface area contributed by atoms with Crippen LogP contribution in [0.15, 0.2) is 46.9 Å². The molecule has 6 heteroatoms. The minimum Gasteiger partial charge on any atom is -0.484 e. The molecule has 0 bridgehead atoms. The summed E-state index contributed by atoms with van der Waals surface area (Å²) in [6, 6.07) is 13.0. The van der Waals surface area contributed by atoms with Crippen molar-refractivity contribution >= 4 is 27.7 Å². The van der Waals surface area contributed by atoms with E-state index in [1.54, 1.807) is 11.8 Å². The van der Waals surface area contributed by atoms with Crippen LogP contribution in [0.1, 0.15) is 43.9 Å². The summed E-state index contributed by atoms with van der Waals surface area (Å²) in [6.45, 7) is 9.90. The zero-order valence-electron chi connectivity index (χ0n) is 18.4. The number of aryl methyl sites for hydroxylation is 2. The number of ether oxygens (including phenoxy) is 1. The van der Waals surface area contributed by atoms with Gasteiger partial charge in [-0.3, -0.25) is 9.59 Å². The molecule has 5 nitrogen and oxygen atoms in total. The molecule has 0 aromatic heterocycles. The molecule has 2 rings (SSSR count). The van der Waals surface area contributed by atoms with E-state index in [1.165, 1.54) is 0 Å². The van der Waals surface area contributed by atoms with Gasteiger partial charge in [-0.25, -0.2) is 0 Å². The van der Waals surface area contributed by atoms with Gasteiger partial charge in [0.25, 0.3) is 5.91 Å². The molecule has 2 aromatic rings. The first-order valence-electron chi connectivity index (χ1n) is 10.2. The second-order valence-electron chi connectivity index (χ2n) is 7.75. The van der Waals surface area contributed by atoms with Gasteiger partial charge in [0, 0.05) is 17.1 Å². The molecule has 0 fully saturated rings. The molecule has 2 amide bonds. The molecule has 0 heterocycles. The van der Waals surface area contributed by atoms with Crippen LogP contribution in [0.3, 0.4) is 0 Å². The predicted octanol–water partition coefficient (Wildman–Crippen LogP) is 4.78. The topological polar surface area (TPSA) is 58.6 Å². The maximum absolute atomic E-state index is 13.1. The van der Waals surface area contributed by atoms with E-state index in [1.807, 2.05) is 64.1 Å². The van der Waals surface area contributed by atoms with E-state index in [9.17, 15) is 9.59 Å². The van der Waals surface area contributed by atoms with Crippen LogP contribution in [0.25, 0.3) is 0 Å². The Bertz CT molecular complexity index is 847. The van der Waals surface area contributed by atoms with Gasteiger partial charge in [-0.2, -0.15) is 0 Å². The first kappa shape index (κ1) is 23.9. The Balaban J connectivity index is 2.16. The van der Waals surface area contributed by atoms with Gasteiger partial charge in [-0.05, 0) is 75.1 Å². The summed E-state index contributed by atoms with van der Waals surface area (Å²) in [4.78, 5) is 27.4. The van der Waals surface area contributed by atoms with Crippen molar-refractivity contribution in [1.82, 2.24) is 10.2 Å². The van der Waals surface area contributed by atoms with Gasteiger partial charge in [-0.1, -0.05) is 41.1 Å². The normalized spacial score (nSPS) is 12.7. The number of hydrogen-bond acceptors (Lipinski definition) is 3. The van der Waals surface area contributed by atoms with Gasteiger partial charge < -0.3 is 15.0 Å². The maximum Gasteiger partial charge on any atom is 0.261 e. The molecule has 0 radical (unpaired) electrons. The van der Waals surface area contributed by atoms with Crippen molar-refractivity contribution in [3.8, 4) is 5.75 Å². The Morgan fingerprint density at radius 3 is 2.23 bits per heavy atom. The highest BCUT2D eigenvalue weighted by Crippen LogP contribution is 2.18. The van der Waals surface area contributed by atoms with Crippen LogP contribution in [0.5, 0.6) is 5.75 Å². The summed E-state index contributed by atoms with van der Waals surface area (Å²) in [5.74, 6) is 0.256. The summed E-state index contributed by atoms with van der Waals surface area (Å²) in [6.07, 6.45) is 0.828. The molecule has 162 valence electrons. The van der Waals surface area contributed by atoms with Gasteiger partial charge in [-0.15, -0.1) is 0 Å². The standard InChI is InChI=1S/C24H31BrN2O3/c1-6-18(4)26-24(29)19(5)27(14-20-7-9-21(25)10-8-20)23(28)15-30-22-12-16(2)11-17(3)13-22/h7-13,18-19H,6,14-15H2,1-5H3,(H,26,29)/t18-,19-/m0/s1. The molecule has 0 unspecified atom stereocenters. The van der Waals surface area contributed by atoms with E-state index in [0.717, 1.165) is 27.6 Å². The fourth-order valence-corrected chi connectivity index (χ4v) is 3.34. The molecule has 1 N–H and O–H groups in total. The highest BCUT2D eigenvalue weighted by atomic mass is 79.9. The Morgan fingerprint density at radius 1 is 1.07 bits per heavy atom. The Hall–Kier alpha value is -2.34. The summed E-state index contributed by atoms with van der Waals surface area (Å²) in [7, 11) is 0. The first-order chi connectivity index (χ1) is 14.2. The van der Waals surface area contributed by atoms with Crippen molar-refractivity contribution in [2.75, 3.05) is 6.61 Å². The number of nitrogens with one attached hydrogen (secondary N) is 1. The molecule has 0 aliphatic carbocycles. The number of benzene rings is 2. The zero-order valence-corrected chi connectivity index (χ0v) is 20.0. The van der Waals surface area contributed by atoms with Gasteiger partial charge in [0.2, 0.25) is 5.91 Å². The van der Waals surface area contributed by atoms with E-state index < -0.39 is 6.04 Å². The number of nitrogens with zero attached hydrogens (tertiary/aromatic N) is 1. The summed E-state index contributed by atoms with van der Waals surface area (Å²) in [5.41, 5.74) is 3.09. The second kappa shape index (κ2) is 11.2. The third kappa shape index (κ3) is 7.17. The van der Waals surface area contributed by atoms with Crippen LogP contribution in [0.2, 0.25) is 0 Å². The average Bonchev–Trinajstić information content (AvgIpc) is 2.70. The molecule has 30 heavy (non-hydrogen) atoms. The van der Waals surface area contributed by atoms with E-state index in [2.05, 4.69) is 27.3 Å². The number of hydrogen-bond donors (Lipinski definition) is 1. The highest BCUT2D eigenvalue weighted by Gasteiger charge is 2.27. The van der Waals surface area contributed by atoms with Crippen molar-refractivity contribution in [2.24, 2.45) is 0 Å². The van der Waals surface area contributed by atoms with E-state index in [-0.39, 0.29) is 24.5 Å². The molecule has 0 spiro atoms. The van der Waals surface area contributed by atoms with Crippen molar-refractivity contribution in [3.63, 3.8) is 0 Å². The molecule has 0 aliphatic heterocycles. The lowest BCUT2D eigenvalue weighted by molar-refractivity contribution is -0.142. The third-order valence-corrected chi connectivity index (χ3v) is 5.52. The molecule has 2 atom stereocenters. The lowest BCUT2D eigenvalue weighted by Gasteiger charge is -2.29. The number of halogens is 1. The molecular weight excluding hydrogens is 444 g/mol. The van der Waals surface area contributed by atoms with E-state index in [0.29, 0.717) is 12.3 Å². The quantitative estimate of drug-likeness (QED) is 0.568. The Labute approximate surface area is 187 Å². The zero-order chi connectivity index (χ0) is 22.3. The number of rotatable bonds is 9. The van der Waals surface area contributed by atoms with Crippen LogP contribution in [0.4, 0.5) is 0 Å². The first-order valence-corrected chi connectivity index (χ1v) is 11.0. The van der Waals surface area contributed by atoms with Gasteiger partial charge >= 0.3 is 0 Å². The summed E-state index contributed by atoms with van der Waals surface area (Å²) < 4.78 is 6.73. The fourth-order valence-electron chi connectivity index (χ4n) is 3.08. The lowest BCUT2D eigenvalue weighted by atomic mass is 10.1. The Morgan fingerprint density at radius 2 is 1.67 bits per heavy atom. The smallest absolute Gasteiger partial charge is 0.261 e. The summed E-state index contributed by atoms with van der Waals surface area (Å²) >= 11 is 3.43. The van der Waals surface area contributed by atoms with Crippen molar-refractivity contribution < 1.29 is 14.3 Å². The SMILES string of the molecule is CC[C@H](C)NC(=O)[C@H](C)N(Cc1ccc(Br)cc1)C(=O)COc1cc(C)cc(C)c1. The number of amides is 2. The molecule has 0 saturated carbocycles. The number of carbonyl (C=O) groups excluding carboxylic acids is 2. The maximum atomic E-state index is 13.1. The minimum atomic E-state index is -0.613. The minimum absolute atomic E-state index is 0.0519. The number of carbonyl (C=O) groups is 2. The molecular formula is C24H31BrN2O3. The van der Waals surface area contributed by atoms with Crippen LogP contribution in [-0.2, 0) is 16.1 Å².